The van der Waals surface area contributed by atoms with Gasteiger partial charge in [-0.25, -0.2) is 5.90 Å². The van der Waals surface area contributed by atoms with Crippen LogP contribution in [0.25, 0.3) is 0 Å². The van der Waals surface area contributed by atoms with Crippen LogP contribution in [-0.4, -0.2) is 162 Å². The van der Waals surface area contributed by atoms with Crippen LogP contribution in [0.5, 0.6) is 0 Å². The second-order valence-electron chi connectivity index (χ2n) is 15.3. The molecule has 1 fully saturated rings. The smallest absolute Gasteiger partial charge is 0.245 e. The van der Waals surface area contributed by atoms with Crippen molar-refractivity contribution in [2.75, 3.05) is 87.7 Å². The number of methoxy groups -OCH3 is 2. The molecule has 0 radical (unpaired) electrons. The summed E-state index contributed by atoms with van der Waals surface area (Å²) in [7, 11) is 6.78. The first-order chi connectivity index (χ1) is 25.6. The number of Topliss-reactive ketones (excluding diaryl/α,β-unsaturated/α-hetero) is 1. The number of nitrogens with zero attached hydrogens (tertiary/aromatic N) is 3. The Hall–Kier alpha value is -2.24. The van der Waals surface area contributed by atoms with Crippen LogP contribution in [0.15, 0.2) is 0 Å². The van der Waals surface area contributed by atoms with Gasteiger partial charge in [-0.15, -0.1) is 0 Å². The monoisotopic (exact) mass is 774 g/mol. The van der Waals surface area contributed by atoms with Crippen LogP contribution in [0.3, 0.4) is 0 Å². The second kappa shape index (κ2) is 26.6. The summed E-state index contributed by atoms with van der Waals surface area (Å²) in [5, 5.41) is 3.08. The zero-order chi connectivity index (χ0) is 41.0. The summed E-state index contributed by atoms with van der Waals surface area (Å²) in [6, 6.07) is -1.94. The maximum absolute atomic E-state index is 14.4. The summed E-state index contributed by atoms with van der Waals surface area (Å²) < 4.78 is 28.3. The van der Waals surface area contributed by atoms with Crippen molar-refractivity contribution in [1.82, 2.24) is 20.0 Å². The third kappa shape index (κ3) is 15.7. The van der Waals surface area contributed by atoms with Gasteiger partial charge in [0.25, 0.3) is 0 Å². The van der Waals surface area contributed by atoms with Crippen molar-refractivity contribution in [3.63, 3.8) is 0 Å². The van der Waals surface area contributed by atoms with Crippen LogP contribution in [0, 0.1) is 23.7 Å². The lowest BCUT2D eigenvalue weighted by Crippen LogP contribution is -2.60. The lowest BCUT2D eigenvalue weighted by Gasteiger charge is -2.41. The summed E-state index contributed by atoms with van der Waals surface area (Å²) in [5.41, 5.74) is 0. The van der Waals surface area contributed by atoms with Gasteiger partial charge in [-0.3, -0.25) is 24.1 Å². The fourth-order valence-corrected chi connectivity index (χ4v) is 7.37. The van der Waals surface area contributed by atoms with E-state index >= 15 is 0 Å². The van der Waals surface area contributed by atoms with Crippen LogP contribution in [0.2, 0.25) is 0 Å². The third-order valence-corrected chi connectivity index (χ3v) is 10.8. The van der Waals surface area contributed by atoms with Gasteiger partial charge in [0.1, 0.15) is 11.8 Å². The molecule has 3 amide bonds. The van der Waals surface area contributed by atoms with E-state index in [9.17, 15) is 19.2 Å². The van der Waals surface area contributed by atoms with Crippen molar-refractivity contribution in [3.05, 3.63) is 0 Å². The molecule has 0 spiro atoms. The van der Waals surface area contributed by atoms with Gasteiger partial charge in [0, 0.05) is 40.3 Å². The largest absolute Gasteiger partial charge is 0.379 e. The number of hydrogen-bond acceptors (Lipinski definition) is 12. The van der Waals surface area contributed by atoms with Crippen molar-refractivity contribution in [2.45, 2.75) is 117 Å². The predicted molar refractivity (Wildman–Crippen MR) is 207 cm³/mol. The Bertz CT molecular complexity index is 1100. The van der Waals surface area contributed by atoms with Crippen LogP contribution >= 0.6 is 0 Å². The Morgan fingerprint density at radius 2 is 1.43 bits per heavy atom. The van der Waals surface area contributed by atoms with E-state index in [1.807, 2.05) is 58.4 Å². The SMILES string of the molecule is CCC(C)C(C(CC(=O)N1CCCC1C(OC)C(C)C(C)=O)OC)N(C)C(=O)C(NC(=O)C(C(C)C)N(C)CCOCCOCCOCCON)C(C)C. The highest BCUT2D eigenvalue weighted by Gasteiger charge is 2.42. The minimum Gasteiger partial charge on any atom is -0.379 e. The zero-order valence-corrected chi connectivity index (χ0v) is 35.5. The number of ether oxygens (including phenoxy) is 5. The van der Waals surface area contributed by atoms with E-state index < -0.39 is 30.3 Å². The molecule has 1 aliphatic heterocycles. The van der Waals surface area contributed by atoms with Crippen molar-refractivity contribution in [1.29, 1.82) is 0 Å². The van der Waals surface area contributed by atoms with Crippen LogP contribution < -0.4 is 11.2 Å². The summed E-state index contributed by atoms with van der Waals surface area (Å²) in [4.78, 5) is 64.3. The molecule has 54 heavy (non-hydrogen) atoms. The molecule has 0 bridgehead atoms. The molecule has 3 N–H and O–H groups in total. The van der Waals surface area contributed by atoms with E-state index in [0.717, 1.165) is 19.3 Å². The van der Waals surface area contributed by atoms with Crippen LogP contribution in [0.1, 0.15) is 81.1 Å². The average Bonchev–Trinajstić information content (AvgIpc) is 3.61. The lowest BCUT2D eigenvalue weighted by atomic mass is 9.89. The standard InChI is InChI=1S/C39H75N5O10/c1-13-28(6)36(32(49-11)25-33(46)44-16-14-15-31(44)37(50-12)29(7)30(8)45)43(10)39(48)34(26(2)3)41-38(47)35(27(4)5)42(9)17-18-51-19-20-52-21-22-53-23-24-54-40/h26-29,31-32,34-37H,13-25,40H2,1-12H3,(H,41,47). The number of likely N-dealkylation sites (N-methyl/N-ethyl adjacent to an activating group) is 2. The molecule has 1 rings (SSSR count). The highest BCUT2D eigenvalue weighted by Crippen LogP contribution is 2.29. The molecule has 1 heterocycles. The molecular weight excluding hydrogens is 698 g/mol. The Morgan fingerprint density at radius 3 is 1.91 bits per heavy atom. The molecule has 1 aliphatic rings. The summed E-state index contributed by atoms with van der Waals surface area (Å²) >= 11 is 0. The van der Waals surface area contributed by atoms with E-state index in [-0.39, 0.29) is 59.6 Å². The minimum atomic E-state index is -0.796. The Balaban J connectivity index is 3.00. The van der Waals surface area contributed by atoms with Gasteiger partial charge in [0.05, 0.1) is 83.0 Å². The van der Waals surface area contributed by atoms with Gasteiger partial charge in [-0.05, 0) is 44.6 Å². The first-order valence-corrected chi connectivity index (χ1v) is 19.8. The molecule has 0 saturated carbocycles. The lowest BCUT2D eigenvalue weighted by molar-refractivity contribution is -0.147. The van der Waals surface area contributed by atoms with Crippen molar-refractivity contribution in [2.24, 2.45) is 29.6 Å². The Morgan fingerprint density at radius 1 is 0.852 bits per heavy atom. The van der Waals surface area contributed by atoms with Crippen LogP contribution in [0.4, 0.5) is 0 Å². The molecular formula is C39H75N5O10. The number of carbonyl (C=O) groups excluding carboxylic acids is 4. The maximum Gasteiger partial charge on any atom is 0.245 e. The van der Waals surface area contributed by atoms with E-state index in [0.29, 0.717) is 59.3 Å². The molecule has 15 heteroatoms. The van der Waals surface area contributed by atoms with E-state index in [4.69, 9.17) is 29.6 Å². The van der Waals surface area contributed by atoms with Gasteiger partial charge >= 0.3 is 0 Å². The van der Waals surface area contributed by atoms with Gasteiger partial charge in [-0.2, -0.15) is 0 Å². The van der Waals surface area contributed by atoms with Crippen molar-refractivity contribution in [3.8, 4) is 0 Å². The number of nitrogens with one attached hydrogen (secondary N) is 1. The number of nitrogens with two attached hydrogens (primary N) is 1. The van der Waals surface area contributed by atoms with Crippen molar-refractivity contribution >= 4 is 23.5 Å². The third-order valence-electron chi connectivity index (χ3n) is 10.8. The zero-order valence-electron chi connectivity index (χ0n) is 35.5. The first kappa shape index (κ1) is 49.8. The number of carbonyl (C=O) groups is 4. The molecule has 8 unspecified atom stereocenters. The van der Waals surface area contributed by atoms with E-state index in [1.165, 1.54) is 0 Å². The molecule has 8 atom stereocenters. The fraction of sp³-hybridized carbons (Fsp3) is 0.897. The second-order valence-corrected chi connectivity index (χ2v) is 15.3. The van der Waals surface area contributed by atoms with E-state index in [1.54, 1.807) is 33.1 Å². The van der Waals surface area contributed by atoms with Gasteiger partial charge in [-0.1, -0.05) is 54.9 Å². The number of amides is 3. The molecule has 0 aliphatic carbocycles. The highest BCUT2D eigenvalue weighted by molar-refractivity contribution is 5.90. The summed E-state index contributed by atoms with van der Waals surface area (Å²) in [6.45, 7) is 19.2. The minimum absolute atomic E-state index is 0.0104. The predicted octanol–water partition coefficient (Wildman–Crippen LogP) is 2.53. The quantitative estimate of drug-likeness (QED) is 0.0843. The Labute approximate surface area is 325 Å². The van der Waals surface area contributed by atoms with E-state index in [2.05, 4.69) is 17.1 Å². The molecule has 0 aromatic heterocycles. The average molecular weight is 774 g/mol. The number of likely N-dealkylation sites (tertiary alicyclic amines) is 1. The molecule has 316 valence electrons. The number of ketones is 1. The summed E-state index contributed by atoms with van der Waals surface area (Å²) in [5.74, 6) is 3.82. The molecule has 15 nitrogen and oxygen atoms in total. The van der Waals surface area contributed by atoms with Gasteiger partial charge in [0.15, 0.2) is 0 Å². The maximum atomic E-state index is 14.4. The highest BCUT2D eigenvalue weighted by atomic mass is 16.6. The normalized spacial score (nSPS) is 18.7. The molecule has 1 saturated heterocycles. The topological polar surface area (TPSA) is 171 Å². The molecule has 0 aromatic rings. The van der Waals surface area contributed by atoms with Gasteiger partial charge < -0.3 is 43.6 Å². The fourth-order valence-electron chi connectivity index (χ4n) is 7.37. The molecule has 0 aromatic carbocycles. The van der Waals surface area contributed by atoms with Gasteiger partial charge in [0.2, 0.25) is 17.7 Å². The Kier molecular flexibility index (Phi) is 24.5. The van der Waals surface area contributed by atoms with Crippen LogP contribution in [-0.2, 0) is 47.7 Å². The summed E-state index contributed by atoms with van der Waals surface area (Å²) in [6.07, 6.45) is 1.39. The van der Waals surface area contributed by atoms with Crippen molar-refractivity contribution < 1.29 is 47.7 Å². The number of rotatable bonds is 29. The first-order valence-electron chi connectivity index (χ1n) is 19.8. The number of hydrogen-bond donors (Lipinski definition) is 2.